The number of likely N-dealkylation sites (tertiary alicyclic amines) is 1. The first-order valence-electron chi connectivity index (χ1n) is 6.32. The first-order valence-corrected chi connectivity index (χ1v) is 8.66. The lowest BCUT2D eigenvalue weighted by atomic mass is 9.93. The highest BCUT2D eigenvalue weighted by molar-refractivity contribution is 9.10. The van der Waals surface area contributed by atoms with Crippen molar-refractivity contribution in [3.05, 3.63) is 28.0 Å². The van der Waals surface area contributed by atoms with Gasteiger partial charge in [-0.1, -0.05) is 29.8 Å². The van der Waals surface area contributed by atoms with Gasteiger partial charge in [0, 0.05) is 17.6 Å². The number of amides is 1. The van der Waals surface area contributed by atoms with E-state index in [1.165, 1.54) is 11.0 Å². The number of benzene rings is 1. The van der Waals surface area contributed by atoms with E-state index >= 15 is 0 Å². The molecule has 1 fully saturated rings. The van der Waals surface area contributed by atoms with Gasteiger partial charge in [0.05, 0.1) is 5.56 Å². The van der Waals surface area contributed by atoms with Crippen LogP contribution in [0.15, 0.2) is 21.5 Å². The van der Waals surface area contributed by atoms with Gasteiger partial charge in [0.2, 0.25) is 10.0 Å². The fourth-order valence-electron chi connectivity index (χ4n) is 2.38. The summed E-state index contributed by atoms with van der Waals surface area (Å²) >= 11 is 3.08. The topological polar surface area (TPSA) is 80.5 Å². The van der Waals surface area contributed by atoms with Gasteiger partial charge in [-0.25, -0.2) is 17.9 Å². The molecule has 1 aliphatic rings. The van der Waals surface area contributed by atoms with Gasteiger partial charge in [0.15, 0.2) is 5.82 Å². The van der Waals surface area contributed by atoms with Crippen molar-refractivity contribution in [2.45, 2.75) is 25.2 Å². The monoisotopic (exact) mass is 378 g/mol. The minimum Gasteiger partial charge on any atom is -0.338 e. The summed E-state index contributed by atoms with van der Waals surface area (Å²) < 4.78 is 37.4. The molecule has 1 heterocycles. The first-order chi connectivity index (χ1) is 9.51. The summed E-state index contributed by atoms with van der Waals surface area (Å²) in [6.45, 7) is 5.06. The van der Waals surface area contributed by atoms with Crippen molar-refractivity contribution in [3.8, 4) is 0 Å². The summed E-state index contributed by atoms with van der Waals surface area (Å²) in [4.78, 5) is 13.3. The molecule has 1 saturated heterocycles. The molecule has 1 aromatic carbocycles. The van der Waals surface area contributed by atoms with E-state index in [0.29, 0.717) is 13.1 Å². The van der Waals surface area contributed by atoms with Gasteiger partial charge < -0.3 is 4.90 Å². The average molecular weight is 379 g/mol. The Hall–Kier alpha value is -0.990. The summed E-state index contributed by atoms with van der Waals surface area (Å²) in [5, 5.41) is 4.98. The molecule has 1 aromatic rings. The third-order valence-electron chi connectivity index (χ3n) is 3.51. The Labute approximate surface area is 131 Å². The van der Waals surface area contributed by atoms with Crippen molar-refractivity contribution in [2.75, 3.05) is 13.1 Å². The van der Waals surface area contributed by atoms with Crippen LogP contribution in [0.25, 0.3) is 0 Å². The molecule has 1 aliphatic heterocycles. The van der Waals surface area contributed by atoms with Crippen LogP contribution in [0.3, 0.4) is 0 Å². The van der Waals surface area contributed by atoms with E-state index in [1.807, 2.05) is 13.8 Å². The second-order valence-electron chi connectivity index (χ2n) is 5.95. The van der Waals surface area contributed by atoms with Crippen molar-refractivity contribution in [3.63, 3.8) is 0 Å². The van der Waals surface area contributed by atoms with E-state index in [1.54, 1.807) is 0 Å². The van der Waals surface area contributed by atoms with Crippen LogP contribution in [0.4, 0.5) is 4.39 Å². The van der Waals surface area contributed by atoms with E-state index in [0.717, 1.165) is 12.5 Å². The van der Waals surface area contributed by atoms with Crippen molar-refractivity contribution < 1.29 is 17.6 Å². The zero-order valence-electron chi connectivity index (χ0n) is 11.7. The molecule has 0 aromatic heterocycles. The highest BCUT2D eigenvalue weighted by Crippen LogP contribution is 2.31. The van der Waals surface area contributed by atoms with Crippen molar-refractivity contribution in [2.24, 2.45) is 10.6 Å². The minimum atomic E-state index is -4.23. The third-order valence-corrected chi connectivity index (χ3v) is 4.87. The Kier molecular flexibility index (Phi) is 4.16. The molecule has 0 saturated carbocycles. The maximum Gasteiger partial charge on any atom is 0.256 e. The van der Waals surface area contributed by atoms with Crippen LogP contribution in [-0.4, -0.2) is 32.3 Å². The molecule has 2 rings (SSSR count). The molecule has 0 atom stereocenters. The molecule has 1 amide bonds. The number of carbonyl (C=O) groups is 1. The van der Waals surface area contributed by atoms with E-state index < -0.39 is 26.6 Å². The van der Waals surface area contributed by atoms with Crippen LogP contribution in [-0.2, 0) is 10.0 Å². The Morgan fingerprint density at radius 1 is 1.43 bits per heavy atom. The van der Waals surface area contributed by atoms with Crippen LogP contribution in [0.2, 0.25) is 0 Å². The molecule has 0 aliphatic carbocycles. The highest BCUT2D eigenvalue weighted by atomic mass is 79.9. The lowest BCUT2D eigenvalue weighted by Gasteiger charge is -2.20. The molecule has 2 N–H and O–H groups in total. The second kappa shape index (κ2) is 5.33. The van der Waals surface area contributed by atoms with Gasteiger partial charge in [-0.15, -0.1) is 0 Å². The number of nitrogens with zero attached hydrogens (tertiary/aromatic N) is 1. The van der Waals surface area contributed by atoms with E-state index in [4.69, 9.17) is 5.14 Å². The number of halogens is 2. The van der Waals surface area contributed by atoms with Crippen molar-refractivity contribution in [1.29, 1.82) is 0 Å². The zero-order valence-corrected chi connectivity index (χ0v) is 14.1. The Morgan fingerprint density at radius 2 is 2.05 bits per heavy atom. The van der Waals surface area contributed by atoms with E-state index in [-0.39, 0.29) is 15.5 Å². The second-order valence-corrected chi connectivity index (χ2v) is 8.40. The predicted octanol–water partition coefficient (Wildman–Crippen LogP) is 2.11. The summed E-state index contributed by atoms with van der Waals surface area (Å²) in [5.41, 5.74) is -0.313. The van der Waals surface area contributed by atoms with Crippen LogP contribution >= 0.6 is 15.9 Å². The standard InChI is InChI=1S/C13H16BrFN2O3S/c1-13(2)3-4-17(7-13)12(18)9-5-8(14)6-10(11(9)15)21(16,19)20/h5-6H,3-4,7H2,1-2H3,(H2,16,19,20). The van der Waals surface area contributed by atoms with Crippen LogP contribution in [0, 0.1) is 11.2 Å². The SMILES string of the molecule is CC1(C)CCN(C(=O)c2cc(Br)cc(S(N)(=O)=O)c2F)C1. The van der Waals surface area contributed by atoms with E-state index in [9.17, 15) is 17.6 Å². The van der Waals surface area contributed by atoms with Gasteiger partial charge >= 0.3 is 0 Å². The van der Waals surface area contributed by atoms with Gasteiger partial charge in [-0.05, 0) is 24.0 Å². The summed E-state index contributed by atoms with van der Waals surface area (Å²) in [6, 6.07) is 2.33. The zero-order chi connectivity index (χ0) is 16.0. The maximum absolute atomic E-state index is 14.3. The average Bonchev–Trinajstić information content (AvgIpc) is 2.70. The molecular weight excluding hydrogens is 363 g/mol. The molecule has 0 bridgehead atoms. The number of hydrogen-bond acceptors (Lipinski definition) is 3. The van der Waals surface area contributed by atoms with Crippen molar-refractivity contribution in [1.82, 2.24) is 4.90 Å². The smallest absolute Gasteiger partial charge is 0.256 e. The fraction of sp³-hybridized carbons (Fsp3) is 0.462. The molecule has 116 valence electrons. The molecule has 8 heteroatoms. The third kappa shape index (κ3) is 3.44. The van der Waals surface area contributed by atoms with Crippen LogP contribution in [0.1, 0.15) is 30.6 Å². The molecular formula is C13H16BrFN2O3S. The molecule has 0 radical (unpaired) electrons. The van der Waals surface area contributed by atoms with Gasteiger partial charge in [0.25, 0.3) is 5.91 Å². The highest BCUT2D eigenvalue weighted by Gasteiger charge is 2.34. The van der Waals surface area contributed by atoms with Crippen LogP contribution < -0.4 is 5.14 Å². The molecule has 5 nitrogen and oxygen atoms in total. The van der Waals surface area contributed by atoms with Crippen molar-refractivity contribution >= 4 is 31.9 Å². The number of carbonyl (C=O) groups excluding carboxylic acids is 1. The van der Waals surface area contributed by atoms with E-state index in [2.05, 4.69) is 15.9 Å². The quantitative estimate of drug-likeness (QED) is 0.855. The lowest BCUT2D eigenvalue weighted by molar-refractivity contribution is 0.0773. The fourth-order valence-corrected chi connectivity index (χ4v) is 3.64. The number of hydrogen-bond donors (Lipinski definition) is 1. The molecule has 21 heavy (non-hydrogen) atoms. The first kappa shape index (κ1) is 16.4. The Morgan fingerprint density at radius 3 is 2.52 bits per heavy atom. The Bertz CT molecular complexity index is 704. The minimum absolute atomic E-state index is 0.0269. The predicted molar refractivity (Wildman–Crippen MR) is 79.8 cm³/mol. The number of primary sulfonamides is 1. The summed E-state index contributed by atoms with van der Waals surface area (Å²) in [6.07, 6.45) is 0.816. The molecule has 0 spiro atoms. The number of sulfonamides is 1. The lowest BCUT2D eigenvalue weighted by Crippen LogP contribution is -2.31. The van der Waals surface area contributed by atoms with Crippen LogP contribution in [0.5, 0.6) is 0 Å². The van der Waals surface area contributed by atoms with Gasteiger partial charge in [0.1, 0.15) is 4.90 Å². The maximum atomic E-state index is 14.3. The van der Waals surface area contributed by atoms with Gasteiger partial charge in [-0.3, -0.25) is 4.79 Å². The van der Waals surface area contributed by atoms with Gasteiger partial charge in [-0.2, -0.15) is 0 Å². The Balaban J connectivity index is 2.46. The summed E-state index contributed by atoms with van der Waals surface area (Å²) in [5.74, 6) is -1.63. The molecule has 0 unspecified atom stereocenters. The normalized spacial score (nSPS) is 18.0. The number of rotatable bonds is 2. The number of nitrogens with two attached hydrogens (primary N) is 1. The largest absolute Gasteiger partial charge is 0.338 e. The summed E-state index contributed by atoms with van der Waals surface area (Å²) in [7, 11) is -4.23.